The molecule has 0 saturated carbocycles. The number of hydrogen-bond acceptors (Lipinski definition) is 6. The fourth-order valence-electron chi connectivity index (χ4n) is 3.38. The van der Waals surface area contributed by atoms with Crippen LogP contribution in [0, 0.1) is 6.92 Å². The number of aromatic nitrogens is 2. The van der Waals surface area contributed by atoms with Gasteiger partial charge in [-0.15, -0.1) is 11.3 Å². The van der Waals surface area contributed by atoms with E-state index in [0.29, 0.717) is 26.2 Å². The van der Waals surface area contributed by atoms with E-state index in [1.807, 2.05) is 45.2 Å². The van der Waals surface area contributed by atoms with Gasteiger partial charge in [0, 0.05) is 48.9 Å². The lowest BCUT2D eigenvalue weighted by Crippen LogP contribution is -2.47. The number of nitrogens with zero attached hydrogens (tertiary/aromatic N) is 4. The second-order valence-electron chi connectivity index (χ2n) is 6.64. The summed E-state index contributed by atoms with van der Waals surface area (Å²) in [6.45, 7) is 7.80. The van der Waals surface area contributed by atoms with Gasteiger partial charge in [0.2, 0.25) is 0 Å². The summed E-state index contributed by atoms with van der Waals surface area (Å²) in [4.78, 5) is 10.2. The Bertz CT molecular complexity index is 864. The second kappa shape index (κ2) is 8.64. The van der Waals surface area contributed by atoms with Crippen molar-refractivity contribution < 1.29 is 8.42 Å². The van der Waals surface area contributed by atoms with E-state index < -0.39 is 10.2 Å². The molecule has 0 bridgehead atoms. The summed E-state index contributed by atoms with van der Waals surface area (Å²) < 4.78 is 28.8. The molecule has 3 heterocycles. The van der Waals surface area contributed by atoms with Crippen molar-refractivity contribution in [3.8, 4) is 0 Å². The lowest BCUT2D eigenvalue weighted by Gasteiger charge is -2.34. The van der Waals surface area contributed by atoms with E-state index in [1.54, 1.807) is 15.6 Å². The highest BCUT2D eigenvalue weighted by molar-refractivity contribution is 7.86. The molecule has 1 aliphatic heterocycles. The van der Waals surface area contributed by atoms with Gasteiger partial charge in [-0.05, 0) is 31.9 Å². The molecule has 1 saturated heterocycles. The molecule has 148 valence electrons. The van der Waals surface area contributed by atoms with Gasteiger partial charge in [-0.3, -0.25) is 0 Å². The van der Waals surface area contributed by atoms with Crippen LogP contribution in [0.15, 0.2) is 24.4 Å². The number of aryl methyl sites for hydroxylation is 1. The number of rotatable bonds is 7. The summed E-state index contributed by atoms with van der Waals surface area (Å²) in [7, 11) is -3.41. The van der Waals surface area contributed by atoms with Gasteiger partial charge in [0.25, 0.3) is 10.2 Å². The first-order valence-corrected chi connectivity index (χ1v) is 11.6. The highest BCUT2D eigenvalue weighted by atomic mass is 32.2. The van der Waals surface area contributed by atoms with Gasteiger partial charge >= 0.3 is 0 Å². The van der Waals surface area contributed by atoms with Gasteiger partial charge < -0.3 is 5.32 Å². The van der Waals surface area contributed by atoms with Gasteiger partial charge in [0.05, 0.1) is 0 Å². The van der Waals surface area contributed by atoms with E-state index in [-0.39, 0.29) is 5.92 Å². The average molecular weight is 410 g/mol. The van der Waals surface area contributed by atoms with E-state index in [1.165, 1.54) is 4.31 Å². The monoisotopic (exact) mass is 409 g/mol. The topological polar surface area (TPSA) is 78.4 Å². The van der Waals surface area contributed by atoms with Crippen molar-refractivity contribution in [2.75, 3.05) is 31.5 Å². The lowest BCUT2D eigenvalue weighted by molar-refractivity contribution is 0.285. The quantitative estimate of drug-likeness (QED) is 0.759. The van der Waals surface area contributed by atoms with E-state index in [0.717, 1.165) is 34.4 Å². The summed E-state index contributed by atoms with van der Waals surface area (Å²) in [6, 6.07) is 5.85. The third-order valence-electron chi connectivity index (χ3n) is 4.79. The zero-order valence-electron chi connectivity index (χ0n) is 16.1. The second-order valence-corrected chi connectivity index (χ2v) is 9.80. The molecule has 0 radical (unpaired) electrons. The molecule has 1 aliphatic rings. The molecule has 1 fully saturated rings. The summed E-state index contributed by atoms with van der Waals surface area (Å²) in [5, 5.41) is 4.05. The zero-order chi connectivity index (χ0) is 19.4. The lowest BCUT2D eigenvalue weighted by atomic mass is 9.96. The first-order chi connectivity index (χ1) is 12.9. The summed E-state index contributed by atoms with van der Waals surface area (Å²) in [6.07, 6.45) is 3.61. The molecule has 9 heteroatoms. The summed E-state index contributed by atoms with van der Waals surface area (Å²) in [5.74, 6) is 0.842. The van der Waals surface area contributed by atoms with Crippen LogP contribution in [0.4, 0.5) is 10.9 Å². The molecule has 7 nitrogen and oxygen atoms in total. The molecule has 0 amide bonds. The predicted octanol–water partition coefficient (Wildman–Crippen LogP) is 3.36. The molecule has 1 unspecified atom stereocenters. The standard InChI is InChI=1S/C18H27N5O2S2/c1-4-22(5-2)27(24,25)23-11-7-8-15(13-23)16-9-6-10-17(20-16)21-18-19-12-14(3)26-18/h6,9-10,12,15H,4-5,7-8,11,13H2,1-3H3,(H,19,20,21). The molecular formula is C18H27N5O2S2. The summed E-state index contributed by atoms with van der Waals surface area (Å²) >= 11 is 1.58. The maximum absolute atomic E-state index is 12.8. The Kier molecular flexibility index (Phi) is 6.46. The van der Waals surface area contributed by atoms with Crippen LogP contribution in [0.3, 0.4) is 0 Å². The fraction of sp³-hybridized carbons (Fsp3) is 0.556. The maximum atomic E-state index is 12.8. The molecule has 2 aromatic rings. The minimum atomic E-state index is -3.41. The van der Waals surface area contributed by atoms with Crippen molar-refractivity contribution in [1.82, 2.24) is 18.6 Å². The summed E-state index contributed by atoms with van der Waals surface area (Å²) in [5.41, 5.74) is 0.924. The third kappa shape index (κ3) is 4.66. The van der Waals surface area contributed by atoms with Crippen LogP contribution in [-0.2, 0) is 10.2 Å². The van der Waals surface area contributed by atoms with Gasteiger partial charge in [0.1, 0.15) is 5.82 Å². The fourth-order valence-corrected chi connectivity index (χ4v) is 5.76. The molecule has 0 aliphatic carbocycles. The number of thiazole rings is 1. The molecule has 1 atom stereocenters. The smallest absolute Gasteiger partial charge is 0.281 e. The number of hydrogen-bond donors (Lipinski definition) is 1. The van der Waals surface area contributed by atoms with Crippen LogP contribution in [0.1, 0.15) is 43.2 Å². The van der Waals surface area contributed by atoms with Crippen LogP contribution in [0.2, 0.25) is 0 Å². The Morgan fingerprint density at radius 3 is 2.78 bits per heavy atom. The first-order valence-electron chi connectivity index (χ1n) is 9.35. The minimum Gasteiger partial charge on any atom is -0.316 e. The van der Waals surface area contributed by atoms with Gasteiger partial charge in [-0.2, -0.15) is 17.0 Å². The number of nitrogens with one attached hydrogen (secondary N) is 1. The van der Waals surface area contributed by atoms with Gasteiger partial charge in [0.15, 0.2) is 5.13 Å². The van der Waals surface area contributed by atoms with E-state index in [4.69, 9.17) is 4.98 Å². The predicted molar refractivity (Wildman–Crippen MR) is 110 cm³/mol. The Morgan fingerprint density at radius 1 is 1.33 bits per heavy atom. The Balaban J connectivity index is 1.75. The number of pyridine rings is 1. The Labute approximate surface area is 165 Å². The van der Waals surface area contributed by atoms with Crippen LogP contribution >= 0.6 is 11.3 Å². The van der Waals surface area contributed by atoms with Crippen molar-refractivity contribution >= 4 is 32.5 Å². The molecule has 3 rings (SSSR count). The highest BCUT2D eigenvalue weighted by Crippen LogP contribution is 2.29. The van der Waals surface area contributed by atoms with Crippen molar-refractivity contribution in [2.45, 2.75) is 39.5 Å². The number of anilines is 2. The van der Waals surface area contributed by atoms with E-state index in [9.17, 15) is 8.42 Å². The van der Waals surface area contributed by atoms with E-state index >= 15 is 0 Å². The molecule has 0 aromatic carbocycles. The van der Waals surface area contributed by atoms with Crippen molar-refractivity contribution in [1.29, 1.82) is 0 Å². The third-order valence-corrected chi connectivity index (χ3v) is 7.77. The Hall–Kier alpha value is -1.55. The minimum absolute atomic E-state index is 0.101. The maximum Gasteiger partial charge on any atom is 0.281 e. The van der Waals surface area contributed by atoms with Gasteiger partial charge in [-0.1, -0.05) is 19.9 Å². The van der Waals surface area contributed by atoms with Crippen molar-refractivity contribution in [2.24, 2.45) is 0 Å². The SMILES string of the molecule is CCN(CC)S(=O)(=O)N1CCCC(c2cccc(Nc3ncc(C)s3)n2)C1. The molecule has 2 aromatic heterocycles. The highest BCUT2D eigenvalue weighted by Gasteiger charge is 2.33. The van der Waals surface area contributed by atoms with E-state index in [2.05, 4.69) is 10.3 Å². The molecule has 27 heavy (non-hydrogen) atoms. The van der Waals surface area contributed by atoms with Crippen molar-refractivity contribution in [3.63, 3.8) is 0 Å². The molecule has 0 spiro atoms. The normalized spacial score (nSPS) is 18.7. The van der Waals surface area contributed by atoms with Crippen LogP contribution in [0.5, 0.6) is 0 Å². The van der Waals surface area contributed by atoms with Crippen LogP contribution < -0.4 is 5.32 Å². The average Bonchev–Trinajstić information content (AvgIpc) is 3.07. The molecular weight excluding hydrogens is 382 g/mol. The van der Waals surface area contributed by atoms with Crippen LogP contribution in [-0.4, -0.2) is 53.2 Å². The largest absolute Gasteiger partial charge is 0.316 e. The van der Waals surface area contributed by atoms with Gasteiger partial charge in [-0.25, -0.2) is 9.97 Å². The Morgan fingerprint density at radius 2 is 2.11 bits per heavy atom. The first kappa shape index (κ1) is 20.2. The zero-order valence-corrected chi connectivity index (χ0v) is 17.7. The van der Waals surface area contributed by atoms with Crippen LogP contribution in [0.25, 0.3) is 0 Å². The number of piperidine rings is 1. The van der Waals surface area contributed by atoms with Crippen molar-refractivity contribution in [3.05, 3.63) is 35.0 Å². The molecule has 1 N–H and O–H groups in total.